The second kappa shape index (κ2) is 7.22. The van der Waals surface area contributed by atoms with E-state index in [0.717, 1.165) is 6.42 Å². The second-order valence-corrected chi connectivity index (χ2v) is 3.93. The van der Waals surface area contributed by atoms with Crippen LogP contribution in [0.2, 0.25) is 0 Å². The molecule has 0 aliphatic rings. The summed E-state index contributed by atoms with van der Waals surface area (Å²) in [5.41, 5.74) is 5.52. The van der Waals surface area contributed by atoms with Gasteiger partial charge in [-0.2, -0.15) is 0 Å². The van der Waals surface area contributed by atoms with Gasteiger partial charge in [-0.05, 0) is 12.8 Å². The molecule has 0 heterocycles. The summed E-state index contributed by atoms with van der Waals surface area (Å²) in [7, 11) is 1.53. The van der Waals surface area contributed by atoms with E-state index in [2.05, 4.69) is 0 Å². The van der Waals surface area contributed by atoms with Crippen LogP contribution in [0.4, 0.5) is 0 Å². The number of hydrogen-bond donors (Lipinski definition) is 2. The van der Waals surface area contributed by atoms with E-state index in [1.807, 2.05) is 6.92 Å². The first-order valence-corrected chi connectivity index (χ1v) is 5.69. The quantitative estimate of drug-likeness (QED) is 0.673. The molecule has 16 heavy (non-hydrogen) atoms. The minimum absolute atomic E-state index is 0.168. The van der Waals surface area contributed by atoms with Gasteiger partial charge < -0.3 is 15.7 Å². The highest BCUT2D eigenvalue weighted by molar-refractivity contribution is 5.84. The summed E-state index contributed by atoms with van der Waals surface area (Å²) in [5.74, 6) is -1.40. The Hall–Kier alpha value is -1.10. The Bertz CT molecular complexity index is 243. The first kappa shape index (κ1) is 14.9. The fraction of sp³-hybridized carbons (Fsp3) is 0.818. The largest absolute Gasteiger partial charge is 0.480 e. The Kier molecular flexibility index (Phi) is 6.72. The number of rotatable bonds is 7. The molecule has 1 amide bonds. The van der Waals surface area contributed by atoms with Crippen molar-refractivity contribution in [2.24, 2.45) is 11.7 Å². The third kappa shape index (κ3) is 3.81. The number of carbonyl (C=O) groups excluding carboxylic acids is 1. The van der Waals surface area contributed by atoms with Crippen LogP contribution in [-0.4, -0.2) is 41.5 Å². The molecule has 3 N–H and O–H groups in total. The fourth-order valence-corrected chi connectivity index (χ4v) is 1.75. The summed E-state index contributed by atoms with van der Waals surface area (Å²) in [5, 5.41) is 8.95. The van der Waals surface area contributed by atoms with Crippen molar-refractivity contribution in [2.75, 3.05) is 13.6 Å². The molecule has 0 aliphatic carbocycles. The van der Waals surface area contributed by atoms with E-state index in [9.17, 15) is 9.59 Å². The molecule has 0 saturated heterocycles. The first-order chi connectivity index (χ1) is 7.49. The van der Waals surface area contributed by atoms with Gasteiger partial charge in [0.05, 0.1) is 5.92 Å². The normalized spacial score (nSPS) is 14.2. The zero-order valence-corrected chi connectivity index (χ0v) is 10.3. The van der Waals surface area contributed by atoms with Crippen molar-refractivity contribution < 1.29 is 14.7 Å². The van der Waals surface area contributed by atoms with Crippen LogP contribution in [0.5, 0.6) is 0 Å². The maximum absolute atomic E-state index is 12.0. The van der Waals surface area contributed by atoms with Crippen molar-refractivity contribution in [3.05, 3.63) is 0 Å². The minimum atomic E-state index is -0.967. The Balaban J connectivity index is 4.61. The van der Waals surface area contributed by atoms with Crippen molar-refractivity contribution in [1.82, 2.24) is 4.90 Å². The van der Waals surface area contributed by atoms with Crippen molar-refractivity contribution >= 4 is 11.9 Å². The molecule has 5 heteroatoms. The Morgan fingerprint density at radius 1 is 1.38 bits per heavy atom. The number of nitrogens with zero attached hydrogens (tertiary/aromatic N) is 1. The molecule has 0 aromatic carbocycles. The van der Waals surface area contributed by atoms with Gasteiger partial charge in [0.25, 0.3) is 0 Å². The molecule has 0 saturated carbocycles. The van der Waals surface area contributed by atoms with Crippen molar-refractivity contribution in [3.8, 4) is 0 Å². The van der Waals surface area contributed by atoms with E-state index in [-0.39, 0.29) is 18.4 Å². The van der Waals surface area contributed by atoms with E-state index in [4.69, 9.17) is 10.8 Å². The molecule has 0 fully saturated rings. The summed E-state index contributed by atoms with van der Waals surface area (Å²) in [6.45, 7) is 4.00. The lowest BCUT2D eigenvalue weighted by molar-refractivity contribution is -0.150. The predicted octanol–water partition coefficient (Wildman–Crippen LogP) is 0.683. The van der Waals surface area contributed by atoms with Crippen molar-refractivity contribution in [1.29, 1.82) is 0 Å². The van der Waals surface area contributed by atoms with Gasteiger partial charge in [0.1, 0.15) is 6.04 Å². The Morgan fingerprint density at radius 3 is 2.25 bits per heavy atom. The van der Waals surface area contributed by atoms with Crippen LogP contribution < -0.4 is 5.73 Å². The molecule has 2 atom stereocenters. The van der Waals surface area contributed by atoms with Crippen LogP contribution in [0, 0.1) is 5.92 Å². The highest BCUT2D eigenvalue weighted by atomic mass is 16.4. The number of hydrogen-bond acceptors (Lipinski definition) is 3. The number of carbonyl (C=O) groups is 2. The van der Waals surface area contributed by atoms with E-state index < -0.39 is 12.0 Å². The molecule has 0 aliphatic heterocycles. The first-order valence-electron chi connectivity index (χ1n) is 5.69. The zero-order chi connectivity index (χ0) is 12.7. The Morgan fingerprint density at radius 2 is 1.94 bits per heavy atom. The number of aliphatic carboxylic acids is 1. The minimum Gasteiger partial charge on any atom is -0.480 e. The highest BCUT2D eigenvalue weighted by Gasteiger charge is 2.28. The summed E-state index contributed by atoms with van der Waals surface area (Å²) < 4.78 is 0. The lowest BCUT2D eigenvalue weighted by atomic mass is 10.0. The van der Waals surface area contributed by atoms with Crippen LogP contribution >= 0.6 is 0 Å². The molecular weight excluding hydrogens is 208 g/mol. The zero-order valence-electron chi connectivity index (χ0n) is 10.3. The van der Waals surface area contributed by atoms with Gasteiger partial charge in [-0.3, -0.25) is 4.79 Å². The molecular formula is C11H22N2O3. The molecule has 0 radical (unpaired) electrons. The number of nitrogens with two attached hydrogens (primary N) is 1. The number of likely N-dealkylation sites (N-methyl/N-ethyl adjacent to an activating group) is 1. The summed E-state index contributed by atoms with van der Waals surface area (Å²) in [4.78, 5) is 24.2. The van der Waals surface area contributed by atoms with Crippen molar-refractivity contribution in [2.45, 2.75) is 39.2 Å². The van der Waals surface area contributed by atoms with E-state index in [1.54, 1.807) is 6.92 Å². The predicted molar refractivity (Wildman–Crippen MR) is 61.9 cm³/mol. The topological polar surface area (TPSA) is 83.6 Å². The third-order valence-electron chi connectivity index (χ3n) is 2.76. The van der Waals surface area contributed by atoms with Crippen LogP contribution in [0.25, 0.3) is 0 Å². The molecule has 0 aromatic rings. The van der Waals surface area contributed by atoms with Gasteiger partial charge in [-0.25, -0.2) is 4.79 Å². The molecule has 0 spiro atoms. The molecule has 2 unspecified atom stereocenters. The lowest BCUT2D eigenvalue weighted by Gasteiger charge is -2.27. The maximum Gasteiger partial charge on any atom is 0.326 e. The summed E-state index contributed by atoms with van der Waals surface area (Å²) >= 11 is 0. The third-order valence-corrected chi connectivity index (χ3v) is 2.76. The van der Waals surface area contributed by atoms with Crippen LogP contribution in [-0.2, 0) is 9.59 Å². The van der Waals surface area contributed by atoms with Gasteiger partial charge in [-0.15, -0.1) is 0 Å². The van der Waals surface area contributed by atoms with Gasteiger partial charge in [0, 0.05) is 13.6 Å². The molecule has 0 bridgehead atoms. The number of amides is 1. The van der Waals surface area contributed by atoms with Crippen LogP contribution in [0.3, 0.4) is 0 Å². The van der Waals surface area contributed by atoms with Crippen molar-refractivity contribution in [3.63, 3.8) is 0 Å². The van der Waals surface area contributed by atoms with Gasteiger partial charge in [-0.1, -0.05) is 20.3 Å². The van der Waals surface area contributed by atoms with Crippen LogP contribution in [0.15, 0.2) is 0 Å². The monoisotopic (exact) mass is 230 g/mol. The molecule has 0 rings (SSSR count). The van der Waals surface area contributed by atoms with Gasteiger partial charge in [0.15, 0.2) is 0 Å². The molecule has 5 nitrogen and oxygen atoms in total. The molecule has 94 valence electrons. The van der Waals surface area contributed by atoms with Gasteiger partial charge >= 0.3 is 5.97 Å². The average molecular weight is 230 g/mol. The average Bonchev–Trinajstić information content (AvgIpc) is 2.25. The lowest BCUT2D eigenvalue weighted by Crippen LogP contribution is -2.46. The van der Waals surface area contributed by atoms with Gasteiger partial charge in [0.2, 0.25) is 5.91 Å². The number of carboxylic acid groups (broad SMARTS) is 1. The van der Waals surface area contributed by atoms with E-state index >= 15 is 0 Å². The smallest absolute Gasteiger partial charge is 0.326 e. The van der Waals surface area contributed by atoms with E-state index in [1.165, 1.54) is 11.9 Å². The summed E-state index contributed by atoms with van der Waals surface area (Å²) in [6.07, 6.45) is 1.97. The van der Waals surface area contributed by atoms with Crippen LogP contribution in [0.1, 0.15) is 33.1 Å². The standard InChI is InChI=1S/C11H22N2O3/c1-4-6-8(7-12)10(14)13(3)9(5-2)11(15)16/h8-9H,4-7,12H2,1-3H3,(H,15,16). The highest BCUT2D eigenvalue weighted by Crippen LogP contribution is 2.12. The summed E-state index contributed by atoms with van der Waals surface area (Å²) in [6, 6.07) is -0.751. The fourth-order valence-electron chi connectivity index (χ4n) is 1.75. The molecule has 0 aromatic heterocycles. The maximum atomic E-state index is 12.0. The Labute approximate surface area is 96.6 Å². The number of carboxylic acids is 1. The SMILES string of the molecule is CCCC(CN)C(=O)N(C)C(CC)C(=O)O. The second-order valence-electron chi connectivity index (χ2n) is 3.93. The van der Waals surface area contributed by atoms with E-state index in [0.29, 0.717) is 12.8 Å².